The third-order valence-electron chi connectivity index (χ3n) is 4.10. The number of carbonyl (C=O) groups is 1. The summed E-state index contributed by atoms with van der Waals surface area (Å²) in [6.45, 7) is 2.41. The molecule has 5 nitrogen and oxygen atoms in total. The first kappa shape index (κ1) is 22.4. The highest BCUT2D eigenvalue weighted by Crippen LogP contribution is 2.31. The predicted molar refractivity (Wildman–Crippen MR) is 109 cm³/mol. The Morgan fingerprint density at radius 3 is 2.54 bits per heavy atom. The van der Waals surface area contributed by atoms with Crippen LogP contribution in [0.25, 0.3) is 0 Å². The molecule has 0 radical (unpaired) electrons. The third kappa shape index (κ3) is 6.29. The highest BCUT2D eigenvalue weighted by molar-refractivity contribution is 9.10. The van der Waals surface area contributed by atoms with Gasteiger partial charge in [-0.25, -0.2) is 0 Å². The molecule has 2 aromatic carbocycles. The number of halogens is 2. The van der Waals surface area contributed by atoms with E-state index in [0.29, 0.717) is 16.6 Å². The van der Waals surface area contributed by atoms with Crippen LogP contribution in [0.1, 0.15) is 40.9 Å². The van der Waals surface area contributed by atoms with Crippen molar-refractivity contribution in [1.29, 1.82) is 0 Å². The van der Waals surface area contributed by atoms with Crippen LogP contribution in [0.5, 0.6) is 5.75 Å². The SMILES string of the molecule is CC(CCc1ccccc1)NCC(O)c1cc(Br)c(O)c(C(N)=O)c1.Cl. The second kappa shape index (κ2) is 10.5. The molecule has 5 N–H and O–H groups in total. The number of aliphatic hydroxyl groups excluding tert-OH is 1. The monoisotopic (exact) mass is 442 g/mol. The van der Waals surface area contributed by atoms with Gasteiger partial charge in [0, 0.05) is 12.6 Å². The van der Waals surface area contributed by atoms with Crippen LogP contribution in [0, 0.1) is 0 Å². The van der Waals surface area contributed by atoms with E-state index < -0.39 is 12.0 Å². The first-order chi connectivity index (χ1) is 11.9. The smallest absolute Gasteiger partial charge is 0.252 e. The van der Waals surface area contributed by atoms with Crippen molar-refractivity contribution in [2.24, 2.45) is 5.73 Å². The molecule has 0 saturated carbocycles. The highest BCUT2D eigenvalue weighted by Gasteiger charge is 2.17. The van der Waals surface area contributed by atoms with E-state index in [9.17, 15) is 15.0 Å². The van der Waals surface area contributed by atoms with E-state index in [1.54, 1.807) is 6.07 Å². The Hall–Kier alpha value is -1.60. The second-order valence-electron chi connectivity index (χ2n) is 6.11. The standard InChI is InChI=1S/C19H23BrN2O3.ClH/c1-12(7-8-13-5-3-2-4-6-13)22-11-17(23)14-9-15(19(21)25)18(24)16(20)10-14;/h2-6,9-10,12,17,22-24H,7-8,11H2,1H3,(H2,21,25);1H. The van der Waals surface area contributed by atoms with E-state index in [1.165, 1.54) is 11.6 Å². The maximum Gasteiger partial charge on any atom is 0.252 e. The number of nitrogens with two attached hydrogens (primary N) is 1. The van der Waals surface area contributed by atoms with Crippen LogP contribution in [0.2, 0.25) is 0 Å². The van der Waals surface area contributed by atoms with Gasteiger partial charge in [-0.1, -0.05) is 30.3 Å². The molecule has 0 aliphatic rings. The van der Waals surface area contributed by atoms with E-state index in [4.69, 9.17) is 5.73 Å². The topological polar surface area (TPSA) is 95.6 Å². The normalized spacial score (nSPS) is 12.9. The number of nitrogens with one attached hydrogen (secondary N) is 1. The van der Waals surface area contributed by atoms with Crippen LogP contribution in [0.3, 0.4) is 0 Å². The molecule has 2 unspecified atom stereocenters. The van der Waals surface area contributed by atoms with Crippen molar-refractivity contribution in [3.8, 4) is 5.75 Å². The molecule has 0 spiro atoms. The lowest BCUT2D eigenvalue weighted by molar-refractivity contribution is 0.0997. The molecule has 2 aromatic rings. The van der Waals surface area contributed by atoms with Crippen LogP contribution >= 0.6 is 28.3 Å². The van der Waals surface area contributed by atoms with Crippen molar-refractivity contribution >= 4 is 34.2 Å². The minimum atomic E-state index is -0.811. The van der Waals surface area contributed by atoms with Crippen molar-refractivity contribution in [1.82, 2.24) is 5.32 Å². The van der Waals surface area contributed by atoms with Crippen LogP contribution in [-0.2, 0) is 6.42 Å². The van der Waals surface area contributed by atoms with Crippen molar-refractivity contribution < 1.29 is 15.0 Å². The summed E-state index contributed by atoms with van der Waals surface area (Å²) in [4.78, 5) is 11.4. The Bertz CT molecular complexity index is 728. The maximum absolute atomic E-state index is 11.4. The first-order valence-electron chi connectivity index (χ1n) is 8.16. The van der Waals surface area contributed by atoms with Gasteiger partial charge in [0.15, 0.2) is 0 Å². The molecule has 0 saturated heterocycles. The number of hydrogen-bond acceptors (Lipinski definition) is 4. The predicted octanol–water partition coefficient (Wildman–Crippen LogP) is 3.32. The number of aromatic hydroxyl groups is 1. The van der Waals surface area contributed by atoms with Gasteiger partial charge in [0.05, 0.1) is 16.1 Å². The zero-order valence-corrected chi connectivity index (χ0v) is 16.9. The van der Waals surface area contributed by atoms with E-state index in [-0.39, 0.29) is 29.8 Å². The van der Waals surface area contributed by atoms with Crippen LogP contribution < -0.4 is 11.1 Å². The molecule has 0 aliphatic heterocycles. The molecule has 0 fully saturated rings. The summed E-state index contributed by atoms with van der Waals surface area (Å²) in [5.41, 5.74) is 7.04. The lowest BCUT2D eigenvalue weighted by atomic mass is 10.0. The molecule has 0 aliphatic carbocycles. The summed E-state index contributed by atoms with van der Waals surface area (Å²) in [6.07, 6.45) is 1.10. The van der Waals surface area contributed by atoms with Gasteiger partial charge >= 0.3 is 0 Å². The van der Waals surface area contributed by atoms with Gasteiger partial charge in [0.1, 0.15) is 5.75 Å². The first-order valence-corrected chi connectivity index (χ1v) is 8.95. The number of benzene rings is 2. The lowest BCUT2D eigenvalue weighted by Crippen LogP contribution is -2.31. The fourth-order valence-electron chi connectivity index (χ4n) is 2.56. The Labute approximate surface area is 168 Å². The molecule has 1 amide bonds. The Kier molecular flexibility index (Phi) is 9.08. The number of hydrogen-bond donors (Lipinski definition) is 4. The maximum atomic E-state index is 11.4. The Morgan fingerprint density at radius 1 is 1.27 bits per heavy atom. The number of rotatable bonds is 8. The average Bonchev–Trinajstić information content (AvgIpc) is 2.60. The largest absolute Gasteiger partial charge is 0.506 e. The Morgan fingerprint density at radius 2 is 1.92 bits per heavy atom. The van der Waals surface area contributed by atoms with Crippen molar-refractivity contribution in [3.05, 3.63) is 63.6 Å². The van der Waals surface area contributed by atoms with Gasteiger partial charge in [-0.2, -0.15) is 0 Å². The average molecular weight is 444 g/mol. The van der Waals surface area contributed by atoms with E-state index in [0.717, 1.165) is 12.8 Å². The highest BCUT2D eigenvalue weighted by atomic mass is 79.9. The number of amides is 1. The summed E-state index contributed by atoms with van der Waals surface area (Å²) in [7, 11) is 0. The number of primary amides is 1. The summed E-state index contributed by atoms with van der Waals surface area (Å²) >= 11 is 3.17. The minimum Gasteiger partial charge on any atom is -0.506 e. The molecule has 26 heavy (non-hydrogen) atoms. The number of carbonyl (C=O) groups excluding carboxylic acids is 1. The molecule has 7 heteroatoms. The van der Waals surface area contributed by atoms with Crippen LogP contribution in [0.15, 0.2) is 46.9 Å². The molecule has 0 bridgehead atoms. The third-order valence-corrected chi connectivity index (χ3v) is 4.71. The summed E-state index contributed by atoms with van der Waals surface area (Å²) in [5.74, 6) is -0.955. The summed E-state index contributed by atoms with van der Waals surface area (Å²) in [5, 5.41) is 23.5. The Balaban J connectivity index is 0.00000338. The van der Waals surface area contributed by atoms with Crippen molar-refractivity contribution in [2.45, 2.75) is 31.9 Å². The number of phenols is 1. The van der Waals surface area contributed by atoms with Crippen molar-refractivity contribution in [3.63, 3.8) is 0 Å². The van der Waals surface area contributed by atoms with Crippen molar-refractivity contribution in [2.75, 3.05) is 6.54 Å². The molecule has 0 heterocycles. The molecular formula is C19H24BrClN2O3. The zero-order valence-electron chi connectivity index (χ0n) is 14.5. The van der Waals surface area contributed by atoms with Gasteiger partial charge in [-0.3, -0.25) is 4.79 Å². The molecule has 142 valence electrons. The number of aryl methyl sites for hydroxylation is 1. The second-order valence-corrected chi connectivity index (χ2v) is 6.97. The summed E-state index contributed by atoms with van der Waals surface area (Å²) < 4.78 is 0.329. The van der Waals surface area contributed by atoms with E-state index >= 15 is 0 Å². The number of aliphatic hydroxyl groups is 1. The van der Waals surface area contributed by atoms with Crippen LogP contribution in [0.4, 0.5) is 0 Å². The molecule has 2 rings (SSSR count). The van der Waals surface area contributed by atoms with E-state index in [1.807, 2.05) is 18.2 Å². The molecule has 2 atom stereocenters. The van der Waals surface area contributed by atoms with Gasteiger partial charge in [0.2, 0.25) is 0 Å². The van der Waals surface area contributed by atoms with Gasteiger partial charge in [-0.15, -0.1) is 12.4 Å². The lowest BCUT2D eigenvalue weighted by Gasteiger charge is -2.18. The van der Waals surface area contributed by atoms with E-state index in [2.05, 4.69) is 40.3 Å². The quantitative estimate of drug-likeness (QED) is 0.503. The fourth-order valence-corrected chi connectivity index (χ4v) is 3.04. The van der Waals surface area contributed by atoms with Gasteiger partial charge < -0.3 is 21.3 Å². The zero-order chi connectivity index (χ0) is 18.4. The minimum absolute atomic E-state index is 0. The molecule has 0 aromatic heterocycles. The van der Waals surface area contributed by atoms with Crippen LogP contribution in [-0.4, -0.2) is 28.7 Å². The summed E-state index contributed by atoms with van der Waals surface area (Å²) in [6, 6.07) is 13.5. The van der Waals surface area contributed by atoms with Gasteiger partial charge in [0.25, 0.3) is 5.91 Å². The van der Waals surface area contributed by atoms with Gasteiger partial charge in [-0.05, 0) is 59.0 Å². The fraction of sp³-hybridized carbons (Fsp3) is 0.316. The molecular weight excluding hydrogens is 420 g/mol.